The van der Waals surface area contributed by atoms with E-state index < -0.39 is 17.4 Å². The van der Waals surface area contributed by atoms with Gasteiger partial charge in [-0.25, -0.2) is 0 Å². The molecule has 2 rings (SSSR count). The number of rotatable bonds is 2. The van der Waals surface area contributed by atoms with Crippen LogP contribution in [0.2, 0.25) is 0 Å². The van der Waals surface area contributed by atoms with Crippen molar-refractivity contribution in [3.05, 3.63) is 22.4 Å². The molecule has 18 heavy (non-hydrogen) atoms. The Kier molecular flexibility index (Phi) is 3.21. The summed E-state index contributed by atoms with van der Waals surface area (Å²) in [5.41, 5.74) is -0.984. The van der Waals surface area contributed by atoms with Crippen LogP contribution in [0.3, 0.4) is 0 Å². The fourth-order valence-corrected chi connectivity index (χ4v) is 2.54. The normalized spacial score (nSPS) is 18.7. The van der Waals surface area contributed by atoms with E-state index in [1.807, 2.05) is 17.5 Å². The smallest absolute Gasteiger partial charge is 0.252 e. The number of carbonyl (C=O) groups excluding carboxylic acids is 3. The molecular weight excluding hydrogens is 252 g/mol. The third-order valence-corrected chi connectivity index (χ3v) is 3.87. The maximum Gasteiger partial charge on any atom is 0.252 e. The second-order valence-corrected chi connectivity index (χ2v) is 5.70. The highest BCUT2D eigenvalue weighted by Crippen LogP contribution is 2.20. The standard InChI is InChI=1S/C12H14N2O3S/c1-12(2)11(17)13-9(15)7-14(12)10(16)6-8-4-3-5-18-8/h3-5H,6-7H2,1-2H3,(H,13,15,17). The summed E-state index contributed by atoms with van der Waals surface area (Å²) in [6, 6.07) is 3.73. The lowest BCUT2D eigenvalue weighted by Crippen LogP contribution is -2.65. The van der Waals surface area contributed by atoms with Crippen molar-refractivity contribution in [3.63, 3.8) is 0 Å². The van der Waals surface area contributed by atoms with E-state index in [1.165, 1.54) is 16.2 Å². The molecule has 1 aliphatic heterocycles. The Balaban J connectivity index is 2.17. The first-order valence-electron chi connectivity index (χ1n) is 5.58. The van der Waals surface area contributed by atoms with Gasteiger partial charge in [0.2, 0.25) is 11.8 Å². The zero-order valence-electron chi connectivity index (χ0n) is 10.2. The number of amides is 3. The molecule has 0 aromatic carbocycles. The maximum atomic E-state index is 12.2. The number of hydrogen-bond acceptors (Lipinski definition) is 4. The van der Waals surface area contributed by atoms with Crippen molar-refractivity contribution in [2.24, 2.45) is 0 Å². The van der Waals surface area contributed by atoms with Gasteiger partial charge in [0.1, 0.15) is 12.1 Å². The number of imide groups is 1. The van der Waals surface area contributed by atoms with Crippen molar-refractivity contribution < 1.29 is 14.4 Å². The van der Waals surface area contributed by atoms with Crippen molar-refractivity contribution in [2.75, 3.05) is 6.54 Å². The molecule has 1 aromatic heterocycles. The van der Waals surface area contributed by atoms with E-state index in [0.29, 0.717) is 0 Å². The van der Waals surface area contributed by atoms with Gasteiger partial charge >= 0.3 is 0 Å². The minimum atomic E-state index is -0.984. The summed E-state index contributed by atoms with van der Waals surface area (Å²) in [6.45, 7) is 3.21. The molecule has 0 atom stereocenters. The van der Waals surface area contributed by atoms with E-state index in [-0.39, 0.29) is 18.9 Å². The third-order valence-electron chi connectivity index (χ3n) is 2.99. The van der Waals surface area contributed by atoms with Crippen molar-refractivity contribution in [3.8, 4) is 0 Å². The van der Waals surface area contributed by atoms with Crippen molar-refractivity contribution in [2.45, 2.75) is 25.8 Å². The summed E-state index contributed by atoms with van der Waals surface area (Å²) < 4.78 is 0. The predicted molar refractivity (Wildman–Crippen MR) is 67.0 cm³/mol. The highest BCUT2D eigenvalue weighted by molar-refractivity contribution is 7.10. The fraction of sp³-hybridized carbons (Fsp3) is 0.417. The number of nitrogens with zero attached hydrogens (tertiary/aromatic N) is 1. The summed E-state index contributed by atoms with van der Waals surface area (Å²) in [6.07, 6.45) is 0.224. The molecule has 0 bridgehead atoms. The average Bonchev–Trinajstić information content (AvgIpc) is 2.76. The Labute approximate surface area is 109 Å². The van der Waals surface area contributed by atoms with Gasteiger partial charge in [0, 0.05) is 4.88 Å². The minimum absolute atomic E-state index is 0.0665. The van der Waals surface area contributed by atoms with Crippen LogP contribution in [0.15, 0.2) is 17.5 Å². The summed E-state index contributed by atoms with van der Waals surface area (Å²) in [7, 11) is 0. The molecule has 0 saturated carbocycles. The predicted octanol–water partition coefficient (Wildman–Crippen LogP) is 0.554. The number of carbonyl (C=O) groups is 3. The molecule has 1 N–H and O–H groups in total. The number of hydrogen-bond donors (Lipinski definition) is 1. The molecule has 2 heterocycles. The van der Waals surface area contributed by atoms with Gasteiger partial charge < -0.3 is 4.90 Å². The fourth-order valence-electron chi connectivity index (χ4n) is 1.84. The van der Waals surface area contributed by atoms with Crippen molar-refractivity contribution in [1.29, 1.82) is 0 Å². The molecule has 1 aromatic rings. The zero-order valence-corrected chi connectivity index (χ0v) is 11.0. The molecule has 0 unspecified atom stereocenters. The maximum absolute atomic E-state index is 12.2. The molecule has 1 fully saturated rings. The van der Waals surface area contributed by atoms with E-state index in [9.17, 15) is 14.4 Å². The lowest BCUT2D eigenvalue weighted by molar-refractivity contribution is -0.155. The Morgan fingerprint density at radius 1 is 1.50 bits per heavy atom. The van der Waals surface area contributed by atoms with Crippen LogP contribution in [0.4, 0.5) is 0 Å². The SMILES string of the molecule is CC1(C)C(=O)NC(=O)CN1C(=O)Cc1cccs1. The number of thiophene rings is 1. The minimum Gasteiger partial charge on any atom is -0.319 e. The first-order valence-corrected chi connectivity index (χ1v) is 6.46. The van der Waals surface area contributed by atoms with Crippen LogP contribution < -0.4 is 5.32 Å². The monoisotopic (exact) mass is 266 g/mol. The molecule has 0 radical (unpaired) electrons. The summed E-state index contributed by atoms with van der Waals surface area (Å²) >= 11 is 1.48. The van der Waals surface area contributed by atoms with E-state index >= 15 is 0 Å². The second kappa shape index (κ2) is 4.53. The molecule has 1 saturated heterocycles. The first-order chi connectivity index (χ1) is 8.41. The van der Waals surface area contributed by atoms with Crippen LogP contribution in [0.5, 0.6) is 0 Å². The quantitative estimate of drug-likeness (QED) is 0.795. The van der Waals surface area contributed by atoms with Gasteiger partial charge in [-0.1, -0.05) is 6.07 Å². The first kappa shape index (κ1) is 12.8. The van der Waals surface area contributed by atoms with Crippen LogP contribution in [-0.2, 0) is 20.8 Å². The van der Waals surface area contributed by atoms with Crippen LogP contribution >= 0.6 is 11.3 Å². The molecular formula is C12H14N2O3S. The van der Waals surface area contributed by atoms with Crippen LogP contribution in [0.25, 0.3) is 0 Å². The van der Waals surface area contributed by atoms with Gasteiger partial charge in [-0.2, -0.15) is 0 Å². The highest BCUT2D eigenvalue weighted by atomic mass is 32.1. The third kappa shape index (κ3) is 2.28. The molecule has 96 valence electrons. The van der Waals surface area contributed by atoms with Gasteiger partial charge in [-0.15, -0.1) is 11.3 Å². The van der Waals surface area contributed by atoms with Crippen LogP contribution in [0.1, 0.15) is 18.7 Å². The van der Waals surface area contributed by atoms with Gasteiger partial charge in [-0.05, 0) is 25.3 Å². The Morgan fingerprint density at radius 2 is 2.22 bits per heavy atom. The highest BCUT2D eigenvalue weighted by Gasteiger charge is 2.43. The van der Waals surface area contributed by atoms with E-state index in [2.05, 4.69) is 5.32 Å². The molecule has 1 aliphatic rings. The van der Waals surface area contributed by atoms with Gasteiger partial charge in [-0.3, -0.25) is 19.7 Å². The Bertz CT molecular complexity index is 493. The summed E-state index contributed by atoms with van der Waals surface area (Å²) in [4.78, 5) is 37.5. The second-order valence-electron chi connectivity index (χ2n) is 4.67. The van der Waals surface area contributed by atoms with Crippen LogP contribution in [0, 0.1) is 0 Å². The lowest BCUT2D eigenvalue weighted by Gasteiger charge is -2.40. The molecule has 0 spiro atoms. The van der Waals surface area contributed by atoms with Crippen molar-refractivity contribution in [1.82, 2.24) is 10.2 Å². The summed E-state index contributed by atoms with van der Waals surface area (Å²) in [5, 5.41) is 4.13. The molecule has 6 heteroatoms. The Morgan fingerprint density at radius 3 is 2.83 bits per heavy atom. The van der Waals surface area contributed by atoms with E-state index in [1.54, 1.807) is 13.8 Å². The largest absolute Gasteiger partial charge is 0.319 e. The average molecular weight is 266 g/mol. The van der Waals surface area contributed by atoms with Crippen LogP contribution in [-0.4, -0.2) is 34.7 Å². The van der Waals surface area contributed by atoms with Crippen molar-refractivity contribution >= 4 is 29.1 Å². The number of piperazine rings is 1. The van der Waals surface area contributed by atoms with E-state index in [4.69, 9.17) is 0 Å². The Hall–Kier alpha value is -1.69. The number of nitrogens with one attached hydrogen (secondary N) is 1. The van der Waals surface area contributed by atoms with Gasteiger partial charge in [0.25, 0.3) is 5.91 Å². The van der Waals surface area contributed by atoms with Gasteiger partial charge in [0.05, 0.1) is 6.42 Å². The van der Waals surface area contributed by atoms with Gasteiger partial charge in [0.15, 0.2) is 0 Å². The summed E-state index contributed by atoms with van der Waals surface area (Å²) in [5.74, 6) is -1.07. The lowest BCUT2D eigenvalue weighted by atomic mass is 9.98. The zero-order chi connectivity index (χ0) is 13.3. The molecule has 3 amide bonds. The van der Waals surface area contributed by atoms with E-state index in [0.717, 1.165) is 4.88 Å². The molecule has 0 aliphatic carbocycles. The topological polar surface area (TPSA) is 66.5 Å². The molecule has 5 nitrogen and oxygen atoms in total.